The van der Waals surface area contributed by atoms with E-state index in [0.717, 1.165) is 11.4 Å². The van der Waals surface area contributed by atoms with Crippen molar-refractivity contribution in [1.82, 2.24) is 5.32 Å². The Morgan fingerprint density at radius 2 is 1.59 bits per heavy atom. The molecule has 0 aromatic heterocycles. The first-order chi connectivity index (χ1) is 12.7. The van der Waals surface area contributed by atoms with E-state index in [2.05, 4.69) is 10.6 Å². The van der Waals surface area contributed by atoms with Crippen LogP contribution in [0.4, 0.5) is 21.9 Å². The van der Waals surface area contributed by atoms with Crippen LogP contribution < -0.4 is 15.5 Å². The van der Waals surface area contributed by atoms with E-state index < -0.39 is 17.7 Å². The topological polar surface area (TPSA) is 70.7 Å². The van der Waals surface area contributed by atoms with Gasteiger partial charge < -0.3 is 20.3 Å². The second-order valence-electron chi connectivity index (χ2n) is 7.27. The molecule has 0 spiro atoms. The molecule has 2 N–H and O–H groups in total. The third-order valence-electron chi connectivity index (χ3n) is 3.79. The Morgan fingerprint density at radius 1 is 1.00 bits per heavy atom. The van der Waals surface area contributed by atoms with Gasteiger partial charge in [-0.15, -0.1) is 0 Å². The predicted octanol–water partition coefficient (Wildman–Crippen LogP) is 4.31. The van der Waals surface area contributed by atoms with Gasteiger partial charge in [-0.05, 0) is 52.0 Å². The van der Waals surface area contributed by atoms with Gasteiger partial charge in [0.1, 0.15) is 11.6 Å². The average Bonchev–Trinajstić information content (AvgIpc) is 2.60. The Labute approximate surface area is 160 Å². The maximum atomic E-state index is 12.5. The zero-order valence-electron chi connectivity index (χ0n) is 16.4. The molecule has 0 fully saturated rings. The van der Waals surface area contributed by atoms with Gasteiger partial charge in [-0.1, -0.05) is 30.3 Å². The minimum atomic E-state index is -0.741. The summed E-state index contributed by atoms with van der Waals surface area (Å²) < 4.78 is 5.19. The fourth-order valence-electron chi connectivity index (χ4n) is 2.45. The molecule has 0 saturated heterocycles. The second kappa shape index (κ2) is 8.58. The van der Waals surface area contributed by atoms with Gasteiger partial charge in [-0.3, -0.25) is 4.79 Å². The van der Waals surface area contributed by atoms with E-state index in [1.807, 2.05) is 66.5 Å². The maximum absolute atomic E-state index is 12.5. The molecule has 0 bridgehead atoms. The summed E-state index contributed by atoms with van der Waals surface area (Å²) in [7, 11) is 1.93. The van der Waals surface area contributed by atoms with Gasteiger partial charge in [0.05, 0.1) is 11.4 Å². The predicted molar refractivity (Wildman–Crippen MR) is 108 cm³/mol. The molecule has 6 heteroatoms. The van der Waals surface area contributed by atoms with Crippen molar-refractivity contribution in [2.24, 2.45) is 0 Å². The number of para-hydroxylation sites is 3. The van der Waals surface area contributed by atoms with Crippen LogP contribution >= 0.6 is 0 Å². The Kier molecular flexibility index (Phi) is 6.45. The minimum absolute atomic E-state index is 0.324. The number of alkyl carbamates (subject to hydrolysis) is 1. The van der Waals surface area contributed by atoms with Crippen molar-refractivity contribution in [3.05, 3.63) is 54.6 Å². The monoisotopic (exact) mass is 369 g/mol. The van der Waals surface area contributed by atoms with Crippen LogP contribution in [0, 0.1) is 0 Å². The van der Waals surface area contributed by atoms with E-state index in [1.165, 1.54) is 0 Å². The van der Waals surface area contributed by atoms with E-state index in [9.17, 15) is 9.59 Å². The molecule has 2 aromatic rings. The van der Waals surface area contributed by atoms with Gasteiger partial charge in [0.2, 0.25) is 5.91 Å². The van der Waals surface area contributed by atoms with Crippen molar-refractivity contribution in [3.63, 3.8) is 0 Å². The first kappa shape index (κ1) is 20.3. The Balaban J connectivity index is 2.09. The van der Waals surface area contributed by atoms with Crippen LogP contribution in [0.2, 0.25) is 0 Å². The number of carbonyl (C=O) groups is 2. The van der Waals surface area contributed by atoms with E-state index in [4.69, 9.17) is 4.74 Å². The quantitative estimate of drug-likeness (QED) is 0.824. The van der Waals surface area contributed by atoms with Crippen molar-refractivity contribution >= 4 is 29.1 Å². The molecule has 0 aliphatic rings. The summed E-state index contributed by atoms with van der Waals surface area (Å²) in [5, 5.41) is 5.43. The van der Waals surface area contributed by atoms with Crippen LogP contribution in [-0.2, 0) is 9.53 Å². The van der Waals surface area contributed by atoms with Crippen LogP contribution in [0.3, 0.4) is 0 Å². The lowest BCUT2D eigenvalue weighted by atomic mass is 10.2. The fraction of sp³-hybridized carbons (Fsp3) is 0.333. The van der Waals surface area contributed by atoms with E-state index >= 15 is 0 Å². The molecule has 1 atom stereocenters. The van der Waals surface area contributed by atoms with Gasteiger partial charge in [0.25, 0.3) is 0 Å². The maximum Gasteiger partial charge on any atom is 0.408 e. The molecule has 0 saturated carbocycles. The summed E-state index contributed by atoms with van der Waals surface area (Å²) >= 11 is 0. The number of rotatable bonds is 5. The summed E-state index contributed by atoms with van der Waals surface area (Å²) in [6.45, 7) is 6.93. The van der Waals surface area contributed by atoms with E-state index in [-0.39, 0.29) is 5.91 Å². The van der Waals surface area contributed by atoms with Crippen molar-refractivity contribution in [1.29, 1.82) is 0 Å². The van der Waals surface area contributed by atoms with Crippen molar-refractivity contribution in [3.8, 4) is 0 Å². The zero-order chi connectivity index (χ0) is 20.0. The SMILES string of the molecule is CC(NC(=O)OC(C)(C)C)C(=O)Nc1ccccc1N(C)c1ccccc1. The van der Waals surface area contributed by atoms with Gasteiger partial charge in [-0.25, -0.2) is 4.79 Å². The first-order valence-corrected chi connectivity index (χ1v) is 8.85. The summed E-state index contributed by atoms with van der Waals surface area (Å²) in [4.78, 5) is 26.4. The summed E-state index contributed by atoms with van der Waals surface area (Å²) in [5.41, 5.74) is 1.89. The summed E-state index contributed by atoms with van der Waals surface area (Å²) in [5.74, 6) is -0.324. The molecule has 0 aliphatic carbocycles. The standard InChI is InChI=1S/C21H27N3O3/c1-15(22-20(26)27-21(2,3)4)19(25)23-17-13-9-10-14-18(17)24(5)16-11-7-6-8-12-16/h6-15H,1-5H3,(H,22,26)(H,23,25). The Bertz CT molecular complexity index is 785. The van der Waals surface area contributed by atoms with Crippen LogP contribution in [0.5, 0.6) is 0 Å². The van der Waals surface area contributed by atoms with Crippen molar-refractivity contribution < 1.29 is 14.3 Å². The number of amides is 2. The molecular weight excluding hydrogens is 342 g/mol. The molecule has 2 rings (SSSR count). The average molecular weight is 369 g/mol. The van der Waals surface area contributed by atoms with Crippen LogP contribution in [0.1, 0.15) is 27.7 Å². The lowest BCUT2D eigenvalue weighted by molar-refractivity contribution is -0.117. The highest BCUT2D eigenvalue weighted by atomic mass is 16.6. The Morgan fingerprint density at radius 3 is 2.22 bits per heavy atom. The molecule has 0 radical (unpaired) electrons. The number of nitrogens with zero attached hydrogens (tertiary/aromatic N) is 1. The van der Waals surface area contributed by atoms with Crippen molar-refractivity contribution in [2.75, 3.05) is 17.3 Å². The minimum Gasteiger partial charge on any atom is -0.444 e. The van der Waals surface area contributed by atoms with Crippen LogP contribution in [-0.4, -0.2) is 30.7 Å². The molecule has 6 nitrogen and oxygen atoms in total. The highest BCUT2D eigenvalue weighted by Crippen LogP contribution is 2.30. The molecular formula is C21H27N3O3. The Hall–Kier alpha value is -3.02. The third kappa shape index (κ3) is 6.02. The molecule has 2 amide bonds. The molecule has 27 heavy (non-hydrogen) atoms. The smallest absolute Gasteiger partial charge is 0.408 e. The number of ether oxygens (including phenoxy) is 1. The second-order valence-corrected chi connectivity index (χ2v) is 7.27. The normalized spacial score (nSPS) is 12.0. The highest BCUT2D eigenvalue weighted by molar-refractivity contribution is 5.99. The molecule has 144 valence electrons. The van der Waals surface area contributed by atoms with Gasteiger partial charge >= 0.3 is 6.09 Å². The number of carbonyl (C=O) groups excluding carboxylic acids is 2. The molecule has 0 aliphatic heterocycles. The first-order valence-electron chi connectivity index (χ1n) is 8.85. The van der Waals surface area contributed by atoms with E-state index in [0.29, 0.717) is 5.69 Å². The lowest BCUT2D eigenvalue weighted by Crippen LogP contribution is -2.44. The van der Waals surface area contributed by atoms with Crippen LogP contribution in [0.25, 0.3) is 0 Å². The highest BCUT2D eigenvalue weighted by Gasteiger charge is 2.22. The summed E-state index contributed by atoms with van der Waals surface area (Å²) in [6.07, 6.45) is -0.625. The van der Waals surface area contributed by atoms with Gasteiger partial charge in [0.15, 0.2) is 0 Å². The number of benzene rings is 2. The lowest BCUT2D eigenvalue weighted by Gasteiger charge is -2.24. The molecule has 0 heterocycles. The number of hydrogen-bond acceptors (Lipinski definition) is 4. The zero-order valence-corrected chi connectivity index (χ0v) is 16.4. The third-order valence-corrected chi connectivity index (χ3v) is 3.79. The summed E-state index contributed by atoms with van der Waals surface area (Å²) in [6, 6.07) is 16.6. The fourth-order valence-corrected chi connectivity index (χ4v) is 2.45. The van der Waals surface area contributed by atoms with Gasteiger partial charge in [0, 0.05) is 12.7 Å². The number of anilines is 3. The molecule has 2 aromatic carbocycles. The molecule has 1 unspecified atom stereocenters. The number of nitrogens with one attached hydrogen (secondary N) is 2. The van der Waals surface area contributed by atoms with Crippen molar-refractivity contribution in [2.45, 2.75) is 39.3 Å². The largest absolute Gasteiger partial charge is 0.444 e. The number of hydrogen-bond donors (Lipinski definition) is 2. The van der Waals surface area contributed by atoms with Crippen LogP contribution in [0.15, 0.2) is 54.6 Å². The van der Waals surface area contributed by atoms with Gasteiger partial charge in [-0.2, -0.15) is 0 Å². The van der Waals surface area contributed by atoms with E-state index in [1.54, 1.807) is 27.7 Å².